The maximum Gasteiger partial charge on any atom is 4.00 e. The second-order valence-electron chi connectivity index (χ2n) is 0.0913. The van der Waals surface area contributed by atoms with Crippen molar-refractivity contribution < 1.29 is 62.6 Å². The van der Waals surface area contributed by atoms with Gasteiger partial charge in [-0.05, 0) is 0 Å². The Bertz CT molecular complexity index is 15.0. The summed E-state index contributed by atoms with van der Waals surface area (Å²) < 4.78 is 0. The predicted molar refractivity (Wildman–Crippen MR) is 9.70 cm³/mol. The van der Waals surface area contributed by atoms with Crippen LogP contribution in [0.2, 0.25) is 0 Å². The first kappa shape index (κ1) is 29.4. The minimum absolute atomic E-state index is 0. The molecule has 0 atom stereocenters. The minimum Gasteiger partial charge on any atom is -2.00 e. The summed E-state index contributed by atoms with van der Waals surface area (Å²) in [4.78, 5) is 8.24. The van der Waals surface area contributed by atoms with Gasteiger partial charge in [0, 0.05) is 0 Å². The van der Waals surface area contributed by atoms with Crippen molar-refractivity contribution in [1.29, 1.82) is 0 Å². The molecule has 0 aromatic rings. The fourth-order valence-electron chi connectivity index (χ4n) is 0. The average Bonchev–Trinajstić information content (AvgIpc) is 0.918. The zero-order valence-corrected chi connectivity index (χ0v) is 5.81. The Morgan fingerprint density at radius 2 is 1.33 bits per heavy atom. The molecule has 0 aliphatic carbocycles. The fraction of sp³-hybridized carbons (Fsp3) is 0. The third kappa shape index (κ3) is 115. The predicted octanol–water partition coefficient (Wildman–Crippen LogP) is -0.626. The summed E-state index contributed by atoms with van der Waals surface area (Å²) in [6.45, 7) is 0.500. The maximum atomic E-state index is 8.24. The molecule has 1 N–H and O–H groups in total. The van der Waals surface area contributed by atoms with E-state index < -0.39 is 0 Å². The van der Waals surface area contributed by atoms with Crippen LogP contribution in [-0.2, 0) is 15.7 Å². The molecule has 0 aromatic carbocycles. The Morgan fingerprint density at radius 3 is 1.33 bits per heavy atom. The van der Waals surface area contributed by atoms with E-state index in [-0.39, 0.29) is 52.7 Å². The fourth-order valence-corrected chi connectivity index (χ4v) is 0. The van der Waals surface area contributed by atoms with E-state index in [4.69, 9.17) is 9.90 Å². The monoisotopic (exact) mass is 217 g/mol. The van der Waals surface area contributed by atoms with Gasteiger partial charge in [-0.1, -0.05) is 6.47 Å². The SMILES string of the molecule is O=[C-]O.[Ce+4].[O-2].[O-2]. The zero-order chi connectivity index (χ0) is 2.71. The molecule has 5 heteroatoms. The van der Waals surface area contributed by atoms with Gasteiger partial charge >= 0.3 is 41.7 Å². The van der Waals surface area contributed by atoms with Crippen LogP contribution < -0.4 is 0 Å². The summed E-state index contributed by atoms with van der Waals surface area (Å²) >= 11 is 0. The maximum absolute atomic E-state index is 8.24. The molecule has 0 radical (unpaired) electrons. The van der Waals surface area contributed by atoms with Gasteiger partial charge in [-0.15, -0.1) is 0 Å². The number of aliphatic hydroxyl groups excluding tert-OH is 1. The summed E-state index contributed by atoms with van der Waals surface area (Å²) in [6.07, 6.45) is 0. The van der Waals surface area contributed by atoms with E-state index in [1.165, 1.54) is 0 Å². The van der Waals surface area contributed by atoms with E-state index in [1.54, 1.807) is 0 Å². The van der Waals surface area contributed by atoms with Crippen molar-refractivity contribution in [3.63, 3.8) is 0 Å². The van der Waals surface area contributed by atoms with Crippen LogP contribution in [0.25, 0.3) is 0 Å². The molecular formula is CHCeO4-. The summed E-state index contributed by atoms with van der Waals surface area (Å²) in [5, 5.41) is 6.76. The third-order valence-electron chi connectivity index (χ3n) is 0. The molecule has 0 saturated heterocycles. The van der Waals surface area contributed by atoms with Crippen molar-refractivity contribution in [2.45, 2.75) is 0 Å². The Hall–Kier alpha value is 0.767. The van der Waals surface area contributed by atoms with Gasteiger partial charge in [0.05, 0.1) is 0 Å². The Labute approximate surface area is 68.5 Å². The van der Waals surface area contributed by atoms with Gasteiger partial charge in [-0.2, -0.15) is 0 Å². The van der Waals surface area contributed by atoms with Gasteiger partial charge in [-0.3, -0.25) is 0 Å². The molecule has 4 nitrogen and oxygen atoms in total. The molecule has 0 heterocycles. The first-order chi connectivity index (χ1) is 1.41. The summed E-state index contributed by atoms with van der Waals surface area (Å²) in [6, 6.07) is 0. The van der Waals surface area contributed by atoms with E-state index in [1.807, 2.05) is 0 Å². The van der Waals surface area contributed by atoms with Crippen LogP contribution in [0.1, 0.15) is 0 Å². The van der Waals surface area contributed by atoms with Crippen LogP contribution in [0.3, 0.4) is 0 Å². The second-order valence-corrected chi connectivity index (χ2v) is 0.0913. The van der Waals surface area contributed by atoms with Crippen LogP contribution >= 0.6 is 0 Å². The number of hydrogen-bond donors (Lipinski definition) is 1. The van der Waals surface area contributed by atoms with Crippen molar-refractivity contribution in [3.05, 3.63) is 0 Å². The van der Waals surface area contributed by atoms with Crippen molar-refractivity contribution in [2.24, 2.45) is 0 Å². The van der Waals surface area contributed by atoms with Crippen LogP contribution in [0.4, 0.5) is 0 Å². The first-order valence-corrected chi connectivity index (χ1v) is 0.428. The molecule has 6 heavy (non-hydrogen) atoms. The van der Waals surface area contributed by atoms with Gasteiger partial charge in [0.15, 0.2) is 0 Å². The van der Waals surface area contributed by atoms with E-state index in [9.17, 15) is 0 Å². The average molecular weight is 217 g/mol. The zero-order valence-electron chi connectivity index (χ0n) is 2.67. The molecule has 0 aliphatic rings. The summed E-state index contributed by atoms with van der Waals surface area (Å²) in [7, 11) is 0. The van der Waals surface area contributed by atoms with Crippen molar-refractivity contribution in [1.82, 2.24) is 0 Å². The summed E-state index contributed by atoms with van der Waals surface area (Å²) in [5.41, 5.74) is 0. The Balaban J connectivity index is -0.00000000667. The quantitative estimate of drug-likeness (QED) is 0.547. The molecule has 0 saturated carbocycles. The molecule has 0 bridgehead atoms. The standard InChI is InChI=1S/CHO2.Ce.2O/c2-1-3;;;/h(H,2,3);;;/q-1;+4;2*-2. The minimum atomic E-state index is 0. The third-order valence-corrected chi connectivity index (χ3v) is 0. The van der Waals surface area contributed by atoms with Gasteiger partial charge in [0.25, 0.3) is 0 Å². The molecule has 0 aromatic heterocycles. The molecule has 0 aliphatic heterocycles. The van der Waals surface area contributed by atoms with Crippen molar-refractivity contribution in [2.75, 3.05) is 0 Å². The molecular weight excluding hydrogens is 216 g/mol. The number of rotatable bonds is 0. The smallest absolute Gasteiger partial charge is 2.00 e. The largest absolute Gasteiger partial charge is 4.00 e. The molecule has 34 valence electrons. The van der Waals surface area contributed by atoms with Crippen LogP contribution in [0.15, 0.2) is 0 Å². The molecule has 0 spiro atoms. The van der Waals surface area contributed by atoms with Gasteiger partial charge in [-0.25, -0.2) is 0 Å². The van der Waals surface area contributed by atoms with Crippen LogP contribution in [-0.4, -0.2) is 11.6 Å². The topological polar surface area (TPSA) is 94.3 Å². The molecule has 0 rings (SSSR count). The van der Waals surface area contributed by atoms with Crippen LogP contribution in [0.5, 0.6) is 0 Å². The van der Waals surface area contributed by atoms with Gasteiger partial charge in [0.1, 0.15) is 0 Å². The first-order valence-electron chi connectivity index (χ1n) is 0.428. The van der Waals surface area contributed by atoms with Gasteiger partial charge in [0.2, 0.25) is 0 Å². The van der Waals surface area contributed by atoms with E-state index in [0.29, 0.717) is 6.47 Å². The molecule has 0 unspecified atom stereocenters. The van der Waals surface area contributed by atoms with Crippen molar-refractivity contribution in [3.8, 4) is 0 Å². The molecule has 0 amide bonds. The Morgan fingerprint density at radius 1 is 1.33 bits per heavy atom. The van der Waals surface area contributed by atoms with Gasteiger partial charge < -0.3 is 20.9 Å². The number of hydrogen-bond acceptors (Lipinski definition) is 1. The summed E-state index contributed by atoms with van der Waals surface area (Å²) in [5.74, 6) is 0. The van der Waals surface area contributed by atoms with Crippen molar-refractivity contribution >= 4 is 6.47 Å². The molecule has 0 fully saturated rings. The normalized spacial score (nSPS) is 2.00. The van der Waals surface area contributed by atoms with E-state index >= 15 is 0 Å². The van der Waals surface area contributed by atoms with E-state index in [0.717, 1.165) is 0 Å². The van der Waals surface area contributed by atoms with E-state index in [2.05, 4.69) is 0 Å². The van der Waals surface area contributed by atoms with Crippen LogP contribution in [0, 0.1) is 41.7 Å². The second kappa shape index (κ2) is 42.0. The Kier molecular flexibility index (Phi) is 206.